The van der Waals surface area contributed by atoms with Crippen LogP contribution in [-0.4, -0.2) is 17.6 Å². The number of benzene rings is 3. The van der Waals surface area contributed by atoms with E-state index in [4.69, 9.17) is 11.6 Å². The molecule has 1 fully saturated rings. The Balaban J connectivity index is 1.55. The zero-order valence-electron chi connectivity index (χ0n) is 15.8. The van der Waals surface area contributed by atoms with E-state index in [1.54, 1.807) is 35.2 Å². The molecule has 1 saturated heterocycles. The molecule has 3 aromatic carbocycles. The topological polar surface area (TPSA) is 49.4 Å². The van der Waals surface area contributed by atoms with Gasteiger partial charge in [0.2, 0.25) is 11.8 Å². The lowest BCUT2D eigenvalue weighted by Crippen LogP contribution is -2.28. The SMILES string of the molecule is O=C(Nc1cccc([C@H]2SCC(=O)N2c2cccc(F)c2)c1)[C@@H](Cl)c1ccccc1. The number of rotatable bonds is 5. The second-order valence-electron chi connectivity index (χ2n) is 6.79. The number of carbonyl (C=O) groups is 2. The van der Waals surface area contributed by atoms with Crippen molar-refractivity contribution in [2.45, 2.75) is 10.8 Å². The highest BCUT2D eigenvalue weighted by atomic mass is 35.5. The molecule has 1 aliphatic heterocycles. The van der Waals surface area contributed by atoms with Gasteiger partial charge in [-0.25, -0.2) is 4.39 Å². The van der Waals surface area contributed by atoms with Crippen LogP contribution in [0.25, 0.3) is 0 Å². The van der Waals surface area contributed by atoms with Crippen molar-refractivity contribution >= 4 is 46.6 Å². The summed E-state index contributed by atoms with van der Waals surface area (Å²) in [6.45, 7) is 0. The maximum atomic E-state index is 13.7. The standard InChI is InChI=1S/C23H18ClFN2O2S/c24-21(15-6-2-1-3-7-15)22(29)26-18-10-4-8-16(12-18)23-27(20(28)14-30-23)19-11-5-9-17(25)13-19/h1-13,21,23H,14H2,(H,26,29)/t21-,23+/m0/s1. The minimum atomic E-state index is -0.818. The molecule has 0 radical (unpaired) electrons. The van der Waals surface area contributed by atoms with Crippen molar-refractivity contribution in [2.24, 2.45) is 0 Å². The number of halogens is 2. The zero-order chi connectivity index (χ0) is 21.1. The normalized spacial score (nSPS) is 17.1. The Morgan fingerprint density at radius 2 is 1.83 bits per heavy atom. The van der Waals surface area contributed by atoms with Gasteiger partial charge in [-0.3, -0.25) is 14.5 Å². The lowest BCUT2D eigenvalue weighted by molar-refractivity contribution is -0.116. The quantitative estimate of drug-likeness (QED) is 0.531. The average molecular weight is 441 g/mol. The van der Waals surface area contributed by atoms with Crippen molar-refractivity contribution in [1.82, 2.24) is 0 Å². The number of amides is 2. The van der Waals surface area contributed by atoms with Gasteiger partial charge in [0.1, 0.15) is 16.6 Å². The highest BCUT2D eigenvalue weighted by Crippen LogP contribution is 2.42. The molecular formula is C23H18ClFN2O2S. The average Bonchev–Trinajstić information content (AvgIpc) is 3.15. The highest BCUT2D eigenvalue weighted by molar-refractivity contribution is 8.00. The molecule has 152 valence electrons. The molecule has 0 aromatic heterocycles. The van der Waals surface area contributed by atoms with Crippen LogP contribution in [0.4, 0.5) is 15.8 Å². The number of alkyl halides is 1. The molecule has 0 aliphatic carbocycles. The van der Waals surface area contributed by atoms with Gasteiger partial charge in [0, 0.05) is 11.4 Å². The number of thioether (sulfide) groups is 1. The molecule has 2 amide bonds. The van der Waals surface area contributed by atoms with E-state index in [2.05, 4.69) is 5.32 Å². The molecular weight excluding hydrogens is 423 g/mol. The fraction of sp³-hybridized carbons (Fsp3) is 0.130. The lowest BCUT2D eigenvalue weighted by atomic mass is 10.1. The fourth-order valence-electron chi connectivity index (χ4n) is 3.32. The predicted molar refractivity (Wildman–Crippen MR) is 119 cm³/mol. The number of carbonyl (C=O) groups excluding carboxylic acids is 2. The van der Waals surface area contributed by atoms with Crippen LogP contribution in [0.3, 0.4) is 0 Å². The molecule has 1 aliphatic rings. The van der Waals surface area contributed by atoms with Gasteiger partial charge in [-0.15, -0.1) is 23.4 Å². The number of hydrogen-bond donors (Lipinski definition) is 1. The summed E-state index contributed by atoms with van der Waals surface area (Å²) in [5, 5.41) is 1.71. The number of nitrogens with one attached hydrogen (secondary N) is 1. The monoisotopic (exact) mass is 440 g/mol. The molecule has 2 atom stereocenters. The zero-order valence-corrected chi connectivity index (χ0v) is 17.4. The first-order valence-corrected chi connectivity index (χ1v) is 10.8. The van der Waals surface area contributed by atoms with Gasteiger partial charge in [-0.1, -0.05) is 48.5 Å². The van der Waals surface area contributed by atoms with Gasteiger partial charge in [-0.2, -0.15) is 0 Å². The summed E-state index contributed by atoms with van der Waals surface area (Å²) in [5.41, 5.74) is 2.63. The number of nitrogens with zero attached hydrogens (tertiary/aromatic N) is 1. The molecule has 30 heavy (non-hydrogen) atoms. The van der Waals surface area contributed by atoms with E-state index < -0.39 is 11.2 Å². The van der Waals surface area contributed by atoms with Crippen molar-refractivity contribution in [1.29, 1.82) is 0 Å². The van der Waals surface area contributed by atoms with Gasteiger partial charge in [0.05, 0.1) is 5.75 Å². The molecule has 3 aromatic rings. The van der Waals surface area contributed by atoms with Crippen molar-refractivity contribution in [3.05, 3.63) is 95.8 Å². The van der Waals surface area contributed by atoms with E-state index >= 15 is 0 Å². The molecule has 4 nitrogen and oxygen atoms in total. The summed E-state index contributed by atoms with van der Waals surface area (Å²) in [6, 6.07) is 22.4. The van der Waals surface area contributed by atoms with Crippen LogP contribution in [0.5, 0.6) is 0 Å². The van der Waals surface area contributed by atoms with Gasteiger partial charge < -0.3 is 5.32 Å². The van der Waals surface area contributed by atoms with Crippen LogP contribution in [0.1, 0.15) is 21.9 Å². The third kappa shape index (κ3) is 4.35. The van der Waals surface area contributed by atoms with Crippen molar-refractivity contribution in [3.8, 4) is 0 Å². The summed E-state index contributed by atoms with van der Waals surface area (Å²) in [7, 11) is 0. The van der Waals surface area contributed by atoms with Gasteiger partial charge >= 0.3 is 0 Å². The molecule has 0 saturated carbocycles. The number of hydrogen-bond acceptors (Lipinski definition) is 3. The summed E-state index contributed by atoms with van der Waals surface area (Å²) >= 11 is 7.76. The predicted octanol–water partition coefficient (Wildman–Crippen LogP) is 5.52. The minimum absolute atomic E-state index is 0.0880. The van der Waals surface area contributed by atoms with E-state index in [0.717, 1.165) is 5.56 Å². The Bertz CT molecular complexity index is 1080. The van der Waals surface area contributed by atoms with Crippen LogP contribution in [-0.2, 0) is 9.59 Å². The summed E-state index contributed by atoms with van der Waals surface area (Å²) in [5.74, 6) is -0.520. The first-order valence-electron chi connectivity index (χ1n) is 9.32. The lowest BCUT2D eigenvalue weighted by Gasteiger charge is -2.25. The molecule has 1 N–H and O–H groups in total. The smallest absolute Gasteiger partial charge is 0.246 e. The second kappa shape index (κ2) is 8.90. The minimum Gasteiger partial charge on any atom is -0.324 e. The van der Waals surface area contributed by atoms with Crippen molar-refractivity contribution in [3.63, 3.8) is 0 Å². The molecule has 0 unspecified atom stereocenters. The fourth-order valence-corrected chi connectivity index (χ4v) is 4.69. The van der Waals surface area contributed by atoms with Crippen LogP contribution >= 0.6 is 23.4 Å². The Hall–Kier alpha value is -2.83. The Labute approximate surface area is 183 Å². The maximum Gasteiger partial charge on any atom is 0.246 e. The van der Waals surface area contributed by atoms with Crippen LogP contribution in [0.15, 0.2) is 78.9 Å². The first-order chi connectivity index (χ1) is 14.5. The van der Waals surface area contributed by atoms with Crippen LogP contribution < -0.4 is 10.2 Å². The highest BCUT2D eigenvalue weighted by Gasteiger charge is 2.34. The van der Waals surface area contributed by atoms with Crippen molar-refractivity contribution in [2.75, 3.05) is 16.0 Å². The molecule has 1 heterocycles. The third-order valence-electron chi connectivity index (χ3n) is 4.72. The first kappa shape index (κ1) is 20.4. The van der Waals surface area contributed by atoms with E-state index in [9.17, 15) is 14.0 Å². The van der Waals surface area contributed by atoms with E-state index in [1.807, 2.05) is 36.4 Å². The van der Waals surface area contributed by atoms with Crippen molar-refractivity contribution < 1.29 is 14.0 Å². The van der Waals surface area contributed by atoms with E-state index in [0.29, 0.717) is 22.7 Å². The Morgan fingerprint density at radius 3 is 2.60 bits per heavy atom. The largest absolute Gasteiger partial charge is 0.324 e. The molecule has 0 spiro atoms. The molecule has 0 bridgehead atoms. The summed E-state index contributed by atoms with van der Waals surface area (Å²) in [6.07, 6.45) is 0. The molecule has 4 rings (SSSR count). The van der Waals surface area contributed by atoms with Gasteiger partial charge in [0.25, 0.3) is 0 Å². The third-order valence-corrected chi connectivity index (χ3v) is 6.38. The second-order valence-corrected chi connectivity index (χ2v) is 8.30. The summed E-state index contributed by atoms with van der Waals surface area (Å²) in [4.78, 5) is 26.6. The van der Waals surface area contributed by atoms with E-state index in [1.165, 1.54) is 23.9 Å². The van der Waals surface area contributed by atoms with Gasteiger partial charge in [0.15, 0.2) is 0 Å². The van der Waals surface area contributed by atoms with Crippen LogP contribution in [0, 0.1) is 5.82 Å². The van der Waals surface area contributed by atoms with Crippen LogP contribution in [0.2, 0.25) is 0 Å². The summed E-state index contributed by atoms with van der Waals surface area (Å²) < 4.78 is 13.7. The van der Waals surface area contributed by atoms with E-state index in [-0.39, 0.29) is 17.2 Å². The molecule has 7 heteroatoms. The Kier molecular flexibility index (Phi) is 6.06. The number of anilines is 2. The maximum absolute atomic E-state index is 13.7. The van der Waals surface area contributed by atoms with Gasteiger partial charge in [-0.05, 0) is 41.5 Å². The Morgan fingerprint density at radius 1 is 1.07 bits per heavy atom.